The summed E-state index contributed by atoms with van der Waals surface area (Å²) in [4.78, 5) is 22.3. The summed E-state index contributed by atoms with van der Waals surface area (Å²) in [5.41, 5.74) is -0.575. The van der Waals surface area contributed by atoms with Gasteiger partial charge in [0.05, 0.1) is 13.2 Å². The van der Waals surface area contributed by atoms with Gasteiger partial charge in [-0.05, 0) is 27.2 Å². The maximum absolute atomic E-state index is 11.5. The molecule has 0 aliphatic rings. The van der Waals surface area contributed by atoms with Crippen molar-refractivity contribution in [3.63, 3.8) is 0 Å². The second-order valence-corrected chi connectivity index (χ2v) is 4.75. The molecule has 0 atom stereocenters. The molecule has 0 aliphatic carbocycles. The quantitative estimate of drug-likeness (QED) is 0.378. The standard InChI is InChI=1S/C14H25NO5/c1-5-12(16)19-10-7-9-15-13(17)20-14(3,4)8-11-18-6-2/h5H,1,6-11H2,2-4H3,(H,15,17). The van der Waals surface area contributed by atoms with Crippen LogP contribution in [0.1, 0.15) is 33.6 Å². The fourth-order valence-corrected chi connectivity index (χ4v) is 1.29. The van der Waals surface area contributed by atoms with Crippen LogP contribution >= 0.6 is 0 Å². The number of carbonyl (C=O) groups is 2. The first-order chi connectivity index (χ1) is 9.41. The van der Waals surface area contributed by atoms with Crippen LogP contribution < -0.4 is 5.32 Å². The van der Waals surface area contributed by atoms with E-state index in [9.17, 15) is 9.59 Å². The van der Waals surface area contributed by atoms with Crippen molar-refractivity contribution in [1.29, 1.82) is 0 Å². The number of alkyl carbamates (subject to hydrolysis) is 1. The van der Waals surface area contributed by atoms with Crippen LogP contribution in [0.5, 0.6) is 0 Å². The van der Waals surface area contributed by atoms with E-state index in [4.69, 9.17) is 14.2 Å². The minimum Gasteiger partial charge on any atom is -0.462 e. The Morgan fingerprint density at radius 1 is 1.30 bits per heavy atom. The minimum absolute atomic E-state index is 0.235. The largest absolute Gasteiger partial charge is 0.462 e. The van der Waals surface area contributed by atoms with Crippen LogP contribution in [-0.2, 0) is 19.0 Å². The Kier molecular flexibility index (Phi) is 9.45. The molecule has 0 radical (unpaired) electrons. The third kappa shape index (κ3) is 10.4. The van der Waals surface area contributed by atoms with Crippen molar-refractivity contribution in [2.45, 2.75) is 39.2 Å². The molecule has 6 nitrogen and oxygen atoms in total. The van der Waals surface area contributed by atoms with E-state index in [1.807, 2.05) is 20.8 Å². The lowest BCUT2D eigenvalue weighted by atomic mass is 10.1. The molecule has 0 unspecified atom stereocenters. The van der Waals surface area contributed by atoms with Gasteiger partial charge in [0, 0.05) is 25.6 Å². The summed E-state index contributed by atoms with van der Waals surface area (Å²) in [5, 5.41) is 2.60. The predicted molar refractivity (Wildman–Crippen MR) is 75.4 cm³/mol. The van der Waals surface area contributed by atoms with Crippen molar-refractivity contribution in [1.82, 2.24) is 5.32 Å². The van der Waals surface area contributed by atoms with Gasteiger partial charge in [-0.2, -0.15) is 0 Å². The second-order valence-electron chi connectivity index (χ2n) is 4.75. The van der Waals surface area contributed by atoms with Gasteiger partial charge < -0.3 is 19.5 Å². The first-order valence-corrected chi connectivity index (χ1v) is 6.75. The van der Waals surface area contributed by atoms with Gasteiger partial charge in [-0.15, -0.1) is 0 Å². The highest BCUT2D eigenvalue weighted by molar-refractivity contribution is 5.81. The molecule has 0 rings (SSSR count). The molecule has 0 saturated heterocycles. The lowest BCUT2D eigenvalue weighted by Gasteiger charge is -2.25. The molecule has 0 heterocycles. The summed E-state index contributed by atoms with van der Waals surface area (Å²) in [6, 6.07) is 0. The monoisotopic (exact) mass is 287 g/mol. The minimum atomic E-state index is -0.575. The normalized spacial score (nSPS) is 10.8. The molecular formula is C14H25NO5. The van der Waals surface area contributed by atoms with Gasteiger partial charge in [-0.3, -0.25) is 0 Å². The first-order valence-electron chi connectivity index (χ1n) is 6.75. The summed E-state index contributed by atoms with van der Waals surface area (Å²) in [6.07, 6.45) is 1.77. The Balaban J connectivity index is 3.71. The molecule has 0 aromatic heterocycles. The van der Waals surface area contributed by atoms with Crippen LogP contribution in [0.3, 0.4) is 0 Å². The highest BCUT2D eigenvalue weighted by Gasteiger charge is 2.22. The van der Waals surface area contributed by atoms with Crippen LogP contribution in [0.15, 0.2) is 12.7 Å². The number of amides is 1. The van der Waals surface area contributed by atoms with E-state index in [-0.39, 0.29) is 6.61 Å². The lowest BCUT2D eigenvalue weighted by Crippen LogP contribution is -2.36. The lowest BCUT2D eigenvalue weighted by molar-refractivity contribution is -0.137. The average Bonchev–Trinajstić information content (AvgIpc) is 2.37. The molecular weight excluding hydrogens is 262 g/mol. The second kappa shape index (κ2) is 10.3. The summed E-state index contributed by atoms with van der Waals surface area (Å²) in [6.45, 7) is 10.7. The number of hydrogen-bond acceptors (Lipinski definition) is 5. The molecule has 0 fully saturated rings. The predicted octanol–water partition coefficient (Wildman–Crippen LogP) is 2.04. The van der Waals surface area contributed by atoms with E-state index in [2.05, 4.69) is 11.9 Å². The molecule has 0 bridgehead atoms. The molecule has 0 spiro atoms. The first kappa shape index (κ1) is 18.4. The van der Waals surface area contributed by atoms with Gasteiger partial charge in [0.1, 0.15) is 5.60 Å². The van der Waals surface area contributed by atoms with E-state index in [1.54, 1.807) is 0 Å². The molecule has 1 N–H and O–H groups in total. The van der Waals surface area contributed by atoms with Crippen molar-refractivity contribution >= 4 is 12.1 Å². The van der Waals surface area contributed by atoms with Gasteiger partial charge in [0.25, 0.3) is 0 Å². The molecule has 6 heteroatoms. The number of nitrogens with one attached hydrogen (secondary N) is 1. The Bertz CT molecular complexity index is 315. The number of rotatable bonds is 10. The smallest absolute Gasteiger partial charge is 0.407 e. The Morgan fingerprint density at radius 2 is 2.00 bits per heavy atom. The van der Waals surface area contributed by atoms with Crippen LogP contribution in [-0.4, -0.2) is 44.0 Å². The number of esters is 1. The summed E-state index contributed by atoms with van der Waals surface area (Å²) < 4.78 is 15.3. The van der Waals surface area contributed by atoms with Crippen LogP contribution in [0, 0.1) is 0 Å². The van der Waals surface area contributed by atoms with Gasteiger partial charge in [-0.25, -0.2) is 9.59 Å². The van der Waals surface area contributed by atoms with E-state index >= 15 is 0 Å². The maximum Gasteiger partial charge on any atom is 0.407 e. The summed E-state index contributed by atoms with van der Waals surface area (Å²) >= 11 is 0. The van der Waals surface area contributed by atoms with E-state index in [0.717, 1.165) is 6.08 Å². The van der Waals surface area contributed by atoms with Crippen LogP contribution in [0.2, 0.25) is 0 Å². The van der Waals surface area contributed by atoms with Crippen molar-refractivity contribution in [2.24, 2.45) is 0 Å². The maximum atomic E-state index is 11.5. The van der Waals surface area contributed by atoms with Crippen LogP contribution in [0.25, 0.3) is 0 Å². The fraction of sp³-hybridized carbons (Fsp3) is 0.714. The molecule has 20 heavy (non-hydrogen) atoms. The number of carbonyl (C=O) groups excluding carboxylic acids is 2. The highest BCUT2D eigenvalue weighted by Crippen LogP contribution is 2.14. The van der Waals surface area contributed by atoms with Crippen molar-refractivity contribution in [3.8, 4) is 0 Å². The fourth-order valence-electron chi connectivity index (χ4n) is 1.29. The van der Waals surface area contributed by atoms with E-state index in [0.29, 0.717) is 32.6 Å². The topological polar surface area (TPSA) is 73.9 Å². The van der Waals surface area contributed by atoms with Gasteiger partial charge in [0.2, 0.25) is 0 Å². The number of ether oxygens (including phenoxy) is 3. The highest BCUT2D eigenvalue weighted by atomic mass is 16.6. The zero-order valence-electron chi connectivity index (χ0n) is 12.6. The molecule has 116 valence electrons. The van der Waals surface area contributed by atoms with Crippen molar-refractivity contribution in [3.05, 3.63) is 12.7 Å². The third-order valence-electron chi connectivity index (χ3n) is 2.42. The Morgan fingerprint density at radius 3 is 2.60 bits per heavy atom. The summed E-state index contributed by atoms with van der Waals surface area (Å²) in [7, 11) is 0. The zero-order valence-corrected chi connectivity index (χ0v) is 12.6. The van der Waals surface area contributed by atoms with Gasteiger partial charge >= 0.3 is 12.1 Å². The van der Waals surface area contributed by atoms with Gasteiger partial charge in [-0.1, -0.05) is 6.58 Å². The van der Waals surface area contributed by atoms with Crippen molar-refractivity contribution < 1.29 is 23.8 Å². The van der Waals surface area contributed by atoms with Crippen LogP contribution in [0.4, 0.5) is 4.79 Å². The van der Waals surface area contributed by atoms with Gasteiger partial charge in [0.15, 0.2) is 0 Å². The SMILES string of the molecule is C=CC(=O)OCCCNC(=O)OC(C)(C)CCOCC. The Hall–Kier alpha value is -1.56. The third-order valence-corrected chi connectivity index (χ3v) is 2.42. The average molecular weight is 287 g/mol. The molecule has 0 aromatic rings. The summed E-state index contributed by atoms with van der Waals surface area (Å²) in [5.74, 6) is -0.468. The number of hydrogen-bond donors (Lipinski definition) is 1. The van der Waals surface area contributed by atoms with E-state index < -0.39 is 17.7 Å². The molecule has 0 aromatic carbocycles. The zero-order chi connectivity index (χ0) is 15.4. The van der Waals surface area contributed by atoms with E-state index in [1.165, 1.54) is 0 Å². The molecule has 1 amide bonds. The van der Waals surface area contributed by atoms with Crippen molar-refractivity contribution in [2.75, 3.05) is 26.4 Å². The Labute approximate surface area is 120 Å². The molecule has 0 saturated carbocycles. The molecule has 0 aliphatic heterocycles.